The number of aliphatic hydroxyl groups excluding tert-OH is 2. The summed E-state index contributed by atoms with van der Waals surface area (Å²) < 4.78 is 22.1. The molecule has 0 amide bonds. The third kappa shape index (κ3) is 8.71. The summed E-state index contributed by atoms with van der Waals surface area (Å²) in [6.07, 6.45) is -3.16. The normalized spacial score (nSPS) is 41.2. The van der Waals surface area contributed by atoms with Crippen molar-refractivity contribution < 1.29 is 28.7 Å². The number of rotatable bonds is 6. The van der Waals surface area contributed by atoms with Gasteiger partial charge in [0.05, 0.1) is 30.4 Å². The quantitative estimate of drug-likeness (QED) is 0.221. The van der Waals surface area contributed by atoms with Gasteiger partial charge in [-0.15, -0.1) is 0 Å². The minimum absolute atomic E-state index is 0.134. The Morgan fingerprint density at radius 2 is 1.25 bits per heavy atom. The van der Waals surface area contributed by atoms with Crippen molar-refractivity contribution >= 4 is 33.5 Å². The Morgan fingerprint density at radius 3 is 1.75 bits per heavy atom. The monoisotopic (exact) mass is 530 g/mol. The fourth-order valence-electron chi connectivity index (χ4n) is 3.48. The highest BCUT2D eigenvalue weighted by Gasteiger charge is 2.42. The van der Waals surface area contributed by atoms with E-state index in [4.69, 9.17) is 29.6 Å². The molecule has 12 nitrogen and oxygen atoms in total. The van der Waals surface area contributed by atoms with Crippen LogP contribution < -0.4 is 0 Å². The van der Waals surface area contributed by atoms with Crippen molar-refractivity contribution in [2.24, 2.45) is 22.1 Å². The predicted octanol–water partition coefficient (Wildman–Crippen LogP) is 4.48. The highest BCUT2D eigenvalue weighted by molar-refractivity contribution is 8.10. The molecule has 2 rings (SSSR count). The molecule has 32 heavy (non-hydrogen) atoms. The Labute approximate surface area is 195 Å². The molecule has 2 N–H and O–H groups in total. The van der Waals surface area contributed by atoms with Crippen LogP contribution in [0, 0.1) is 11.8 Å². The summed E-state index contributed by atoms with van der Waals surface area (Å²) >= 11 is 0. The smallest absolute Gasteiger partial charge is 0.188 e. The summed E-state index contributed by atoms with van der Waals surface area (Å²) in [6, 6.07) is -0.856. The van der Waals surface area contributed by atoms with Crippen LogP contribution in [0.15, 0.2) is 10.2 Å². The van der Waals surface area contributed by atoms with Crippen molar-refractivity contribution in [2.45, 2.75) is 76.8 Å². The Balaban J connectivity index is 0.000000330. The van der Waals surface area contributed by atoms with E-state index in [2.05, 4.69) is 37.9 Å². The number of ether oxygens (including phenoxy) is 2. The summed E-state index contributed by atoms with van der Waals surface area (Å²) in [5.74, 6) is -0.353. The van der Waals surface area contributed by atoms with Crippen molar-refractivity contribution in [3.63, 3.8) is 0 Å². The molecule has 8 unspecified atom stereocenters. The summed E-state index contributed by atoms with van der Waals surface area (Å²) in [7, 11) is 3.73. The van der Waals surface area contributed by atoms with Gasteiger partial charge in [-0.25, -0.2) is 0 Å². The predicted molar refractivity (Wildman–Crippen MR) is 132 cm³/mol. The van der Waals surface area contributed by atoms with Crippen LogP contribution in [-0.2, 0) is 18.5 Å². The summed E-state index contributed by atoms with van der Waals surface area (Å²) in [4.78, 5) is 5.63. The van der Waals surface area contributed by atoms with Gasteiger partial charge in [-0.05, 0) is 44.2 Å². The fraction of sp³-hybridized carbons (Fsp3) is 1.00. The summed E-state index contributed by atoms with van der Waals surface area (Å²) in [6.45, 7) is 11.1. The van der Waals surface area contributed by atoms with Gasteiger partial charge < -0.3 is 28.7 Å². The molecule has 16 heteroatoms. The zero-order valence-electron chi connectivity index (χ0n) is 19.0. The molecule has 0 radical (unpaired) electrons. The molecule has 184 valence electrons. The van der Waals surface area contributed by atoms with E-state index in [1.165, 1.54) is 0 Å². The van der Waals surface area contributed by atoms with E-state index in [0.29, 0.717) is 0 Å². The topological polar surface area (TPSA) is 175 Å². The van der Waals surface area contributed by atoms with Crippen LogP contribution in [0.4, 0.5) is 0 Å². The van der Waals surface area contributed by atoms with Gasteiger partial charge in [-0.3, -0.25) is 0 Å². The molecule has 2 heterocycles. The van der Waals surface area contributed by atoms with Crippen molar-refractivity contribution in [3.05, 3.63) is 20.9 Å². The Morgan fingerprint density at radius 1 is 0.781 bits per heavy atom. The number of aliphatic hydroxyl groups is 2. The number of azide groups is 2. The van der Waals surface area contributed by atoms with Crippen LogP contribution in [0.1, 0.15) is 27.7 Å². The van der Waals surface area contributed by atoms with Gasteiger partial charge in [0, 0.05) is 31.4 Å². The highest BCUT2D eigenvalue weighted by Crippen LogP contribution is 2.46. The molecule has 0 saturated carbocycles. The maximum atomic E-state index is 9.77. The van der Waals surface area contributed by atoms with E-state index in [9.17, 15) is 10.2 Å². The van der Waals surface area contributed by atoms with Crippen LogP contribution in [-0.4, -0.2) is 72.6 Å². The van der Waals surface area contributed by atoms with Crippen LogP contribution in [0.3, 0.4) is 0 Å². The molecule has 0 aromatic carbocycles. The Kier molecular flexibility index (Phi) is 13.6. The zero-order chi connectivity index (χ0) is 24.6. The van der Waals surface area contributed by atoms with Gasteiger partial charge in [0.2, 0.25) is 0 Å². The standard InChI is InChI=1S/C8H16N6O2P2.C8H18O4P2/c1-4-6(11-13-9)5(2)15-8(16-18(3)17)7(4)12-14-10;1-4-6(9)5(2)11-8(7(4)10)12-14(3)13/h4-8H,17H2,1-3H3;4-10H,13H2,1-3H3/t4-,5?,6-,7?,8+,18?;4-,5?,6+,7?,8+,14?/m00/s1. The first-order valence-corrected chi connectivity index (χ1v) is 16.6. The molecule has 14 atom stereocenters. The second-order valence-corrected chi connectivity index (χ2v) is 14.8. The molecule has 2 saturated heterocycles. The van der Waals surface area contributed by atoms with Crippen molar-refractivity contribution in [2.75, 3.05) is 13.3 Å². The lowest BCUT2D eigenvalue weighted by Crippen LogP contribution is -2.52. The molecular formula is C16H34N6O6P4. The lowest BCUT2D eigenvalue weighted by Gasteiger charge is -2.41. The van der Waals surface area contributed by atoms with Crippen LogP contribution in [0.2, 0.25) is 0 Å². The molecule has 2 aliphatic rings. The Bertz CT molecular complexity index is 683. The molecule has 0 spiro atoms. The zero-order valence-corrected chi connectivity index (χ0v) is 23.1. The first-order chi connectivity index (χ1) is 14.9. The average Bonchev–Trinajstić information content (AvgIpc) is 2.70. The molecular weight excluding hydrogens is 496 g/mol. The first-order valence-electron chi connectivity index (χ1n) is 10.00. The van der Waals surface area contributed by atoms with E-state index in [0.717, 1.165) is 0 Å². The maximum absolute atomic E-state index is 9.77. The molecule has 0 aliphatic carbocycles. The minimum Gasteiger partial charge on any atom is -0.390 e. The van der Waals surface area contributed by atoms with E-state index in [1.807, 2.05) is 27.2 Å². The minimum atomic E-state index is -0.758. The number of hydrogen-bond donors (Lipinski definition) is 2. The first kappa shape index (κ1) is 30.1. The van der Waals surface area contributed by atoms with E-state index < -0.39 is 46.5 Å². The van der Waals surface area contributed by atoms with Crippen LogP contribution in [0.25, 0.3) is 20.9 Å². The summed E-state index contributed by atoms with van der Waals surface area (Å²) in [5.41, 5.74) is 17.2. The molecule has 0 aromatic heterocycles. The van der Waals surface area contributed by atoms with Crippen molar-refractivity contribution in [1.29, 1.82) is 0 Å². The van der Waals surface area contributed by atoms with Gasteiger partial charge in [0.25, 0.3) is 0 Å². The highest BCUT2D eigenvalue weighted by atomic mass is 32.0. The second kappa shape index (κ2) is 14.5. The maximum Gasteiger partial charge on any atom is 0.188 e. The van der Waals surface area contributed by atoms with E-state index in [1.54, 1.807) is 13.8 Å². The SMILES string of the molecule is CC1O[C@H](OP(C)P)C(N=[N+]=[N-])[C@@H](C)[C@@H]1N=[N+]=[N-].CC1O[C@H](OP(C)P)C(O)[C@@H](C)[C@H]1O. The van der Waals surface area contributed by atoms with Gasteiger partial charge >= 0.3 is 0 Å². The third-order valence-corrected chi connectivity index (χ3v) is 7.09. The second-order valence-electron chi connectivity index (χ2n) is 7.81. The van der Waals surface area contributed by atoms with E-state index in [-0.39, 0.29) is 30.1 Å². The van der Waals surface area contributed by atoms with Crippen LogP contribution in [0.5, 0.6) is 0 Å². The molecule has 0 bridgehead atoms. The van der Waals surface area contributed by atoms with Crippen molar-refractivity contribution in [3.8, 4) is 0 Å². The van der Waals surface area contributed by atoms with Gasteiger partial charge in [-0.1, -0.05) is 41.9 Å². The number of hydrogen-bond acceptors (Lipinski definition) is 8. The molecule has 2 fully saturated rings. The van der Waals surface area contributed by atoms with Gasteiger partial charge in [0.1, 0.15) is 6.10 Å². The lowest BCUT2D eigenvalue weighted by atomic mass is 9.88. The van der Waals surface area contributed by atoms with Gasteiger partial charge in [-0.2, -0.15) is 0 Å². The summed E-state index contributed by atoms with van der Waals surface area (Å²) in [5, 5.41) is 26.8. The fourth-order valence-corrected chi connectivity index (χ4v) is 5.20. The lowest BCUT2D eigenvalue weighted by molar-refractivity contribution is -0.247. The third-order valence-electron chi connectivity index (χ3n) is 5.28. The van der Waals surface area contributed by atoms with Crippen LogP contribution >= 0.6 is 33.5 Å². The Hall–Kier alpha value is 0.100. The largest absolute Gasteiger partial charge is 0.390 e. The molecule has 2 aliphatic heterocycles. The van der Waals surface area contributed by atoms with Gasteiger partial charge in [0.15, 0.2) is 12.6 Å². The number of nitrogens with zero attached hydrogens (tertiary/aromatic N) is 6. The van der Waals surface area contributed by atoms with E-state index >= 15 is 0 Å². The van der Waals surface area contributed by atoms with Crippen molar-refractivity contribution in [1.82, 2.24) is 0 Å². The molecule has 0 aromatic rings. The average molecular weight is 530 g/mol.